The first-order valence-electron chi connectivity index (χ1n) is 4.09. The van der Waals surface area contributed by atoms with Crippen LogP contribution in [0.25, 0.3) is 0 Å². The van der Waals surface area contributed by atoms with E-state index in [1.807, 2.05) is 30.3 Å². The van der Waals surface area contributed by atoms with Gasteiger partial charge in [-0.1, -0.05) is 30.3 Å². The smallest absolute Gasteiger partial charge is 0.237 e. The molecule has 0 saturated carbocycles. The zero-order chi connectivity index (χ0) is 9.26. The molecule has 1 aromatic carbocycles. The van der Waals surface area contributed by atoms with Crippen LogP contribution < -0.4 is 0 Å². The van der Waals surface area contributed by atoms with Crippen molar-refractivity contribution >= 4 is 11.8 Å². The Hall–Kier alpha value is -1.03. The van der Waals surface area contributed by atoms with E-state index in [1.54, 1.807) is 11.8 Å². The van der Waals surface area contributed by atoms with Crippen molar-refractivity contribution in [2.45, 2.75) is 11.3 Å². The van der Waals surface area contributed by atoms with Gasteiger partial charge in [-0.05, 0) is 5.56 Å². The highest BCUT2D eigenvalue weighted by atomic mass is 32.2. The Morgan fingerprint density at radius 2 is 2.08 bits per heavy atom. The van der Waals surface area contributed by atoms with Gasteiger partial charge >= 0.3 is 0 Å². The standard InChI is InChI=1S/C9H9NO2S/c11-10(12)8-6-13-9(8)7-4-2-1-3-5-7/h1-5,8-9H,6H2/t8-,9+/m1/s1. The van der Waals surface area contributed by atoms with Gasteiger partial charge in [0.25, 0.3) is 0 Å². The third-order valence-electron chi connectivity index (χ3n) is 2.19. The van der Waals surface area contributed by atoms with Crippen LogP contribution in [-0.2, 0) is 0 Å². The summed E-state index contributed by atoms with van der Waals surface area (Å²) in [5.41, 5.74) is 1.07. The van der Waals surface area contributed by atoms with Crippen molar-refractivity contribution in [3.63, 3.8) is 0 Å². The molecule has 1 aromatic rings. The van der Waals surface area contributed by atoms with E-state index in [0.717, 1.165) is 5.56 Å². The van der Waals surface area contributed by atoms with Crippen LogP contribution in [-0.4, -0.2) is 16.7 Å². The molecule has 1 heterocycles. The summed E-state index contributed by atoms with van der Waals surface area (Å²) in [6, 6.07) is 9.29. The van der Waals surface area contributed by atoms with Gasteiger partial charge in [0.1, 0.15) is 0 Å². The number of benzene rings is 1. The molecule has 0 N–H and O–H groups in total. The summed E-state index contributed by atoms with van der Waals surface area (Å²) >= 11 is 1.65. The first kappa shape index (κ1) is 8.56. The maximum absolute atomic E-state index is 10.6. The molecule has 0 spiro atoms. The molecular formula is C9H9NO2S. The van der Waals surface area contributed by atoms with E-state index in [-0.39, 0.29) is 16.2 Å². The zero-order valence-corrected chi connectivity index (χ0v) is 7.74. The second-order valence-electron chi connectivity index (χ2n) is 3.02. The van der Waals surface area contributed by atoms with Crippen LogP contribution in [0, 0.1) is 10.1 Å². The van der Waals surface area contributed by atoms with Crippen molar-refractivity contribution in [1.29, 1.82) is 0 Å². The van der Waals surface area contributed by atoms with Gasteiger partial charge in [-0.3, -0.25) is 10.1 Å². The van der Waals surface area contributed by atoms with Gasteiger partial charge in [0.2, 0.25) is 6.04 Å². The van der Waals surface area contributed by atoms with E-state index < -0.39 is 0 Å². The molecule has 4 heteroatoms. The highest BCUT2D eigenvalue weighted by molar-refractivity contribution is 8.01. The average Bonchev–Trinajstić information content (AvgIpc) is 2.02. The molecule has 2 atom stereocenters. The molecular weight excluding hydrogens is 186 g/mol. The van der Waals surface area contributed by atoms with Crippen LogP contribution >= 0.6 is 11.8 Å². The Balaban J connectivity index is 2.15. The molecule has 0 amide bonds. The topological polar surface area (TPSA) is 43.1 Å². The third-order valence-corrected chi connectivity index (χ3v) is 3.67. The molecule has 1 saturated heterocycles. The molecule has 0 aliphatic carbocycles. The lowest BCUT2D eigenvalue weighted by atomic mass is 10.1. The van der Waals surface area contributed by atoms with Gasteiger partial charge in [0.05, 0.1) is 11.0 Å². The molecule has 0 aromatic heterocycles. The van der Waals surface area contributed by atoms with E-state index in [2.05, 4.69) is 0 Å². The van der Waals surface area contributed by atoms with Gasteiger partial charge in [-0.2, -0.15) is 0 Å². The molecule has 1 aliphatic heterocycles. The minimum Gasteiger partial charge on any atom is -0.264 e. The second-order valence-corrected chi connectivity index (χ2v) is 4.19. The predicted molar refractivity (Wildman–Crippen MR) is 52.4 cm³/mol. The average molecular weight is 195 g/mol. The summed E-state index contributed by atoms with van der Waals surface area (Å²) in [5, 5.41) is 10.6. The van der Waals surface area contributed by atoms with Crippen molar-refractivity contribution in [3.05, 3.63) is 46.0 Å². The fourth-order valence-electron chi connectivity index (χ4n) is 1.41. The van der Waals surface area contributed by atoms with Crippen LogP contribution in [0.1, 0.15) is 10.8 Å². The minimum atomic E-state index is -0.382. The summed E-state index contributed by atoms with van der Waals surface area (Å²) in [6.45, 7) is 0. The number of hydrogen-bond donors (Lipinski definition) is 0. The monoisotopic (exact) mass is 195 g/mol. The van der Waals surface area contributed by atoms with Gasteiger partial charge in [-0.15, -0.1) is 11.8 Å². The molecule has 0 unspecified atom stereocenters. The quantitative estimate of drug-likeness (QED) is 0.536. The van der Waals surface area contributed by atoms with E-state index >= 15 is 0 Å². The van der Waals surface area contributed by atoms with Crippen molar-refractivity contribution in [2.24, 2.45) is 0 Å². The number of nitro groups is 1. The first-order chi connectivity index (χ1) is 6.29. The Labute approximate surface area is 80.3 Å². The molecule has 0 bridgehead atoms. The predicted octanol–water partition coefficient (Wildman–Crippen LogP) is 2.12. The Kier molecular flexibility index (Phi) is 2.22. The summed E-state index contributed by atoms with van der Waals surface area (Å²) in [5.74, 6) is 0.645. The van der Waals surface area contributed by atoms with Crippen molar-refractivity contribution in [3.8, 4) is 0 Å². The van der Waals surface area contributed by atoms with Crippen LogP contribution in [0.2, 0.25) is 0 Å². The fraction of sp³-hybridized carbons (Fsp3) is 0.333. The highest BCUT2D eigenvalue weighted by Crippen LogP contribution is 2.43. The second kappa shape index (κ2) is 3.38. The fourth-order valence-corrected chi connectivity index (χ4v) is 2.54. The number of nitrogens with zero attached hydrogens (tertiary/aromatic N) is 1. The zero-order valence-electron chi connectivity index (χ0n) is 6.92. The lowest BCUT2D eigenvalue weighted by Crippen LogP contribution is -2.36. The van der Waals surface area contributed by atoms with Crippen molar-refractivity contribution in [2.75, 3.05) is 5.75 Å². The summed E-state index contributed by atoms with van der Waals surface area (Å²) in [7, 11) is 0. The van der Waals surface area contributed by atoms with Gasteiger partial charge < -0.3 is 0 Å². The molecule has 1 aliphatic rings. The van der Waals surface area contributed by atoms with E-state index in [4.69, 9.17) is 0 Å². The molecule has 1 fully saturated rings. The maximum atomic E-state index is 10.6. The minimum absolute atomic E-state index is 0.0659. The Morgan fingerprint density at radius 1 is 1.38 bits per heavy atom. The molecule has 0 radical (unpaired) electrons. The SMILES string of the molecule is O=[N+]([O-])[C@@H]1CS[C@H]1c1ccccc1. The summed E-state index contributed by atoms with van der Waals surface area (Å²) < 4.78 is 0. The summed E-state index contributed by atoms with van der Waals surface area (Å²) in [4.78, 5) is 10.4. The van der Waals surface area contributed by atoms with Crippen LogP contribution in [0.3, 0.4) is 0 Å². The van der Waals surface area contributed by atoms with E-state index in [9.17, 15) is 10.1 Å². The molecule has 2 rings (SSSR count). The van der Waals surface area contributed by atoms with Crippen LogP contribution in [0.5, 0.6) is 0 Å². The number of hydrogen-bond acceptors (Lipinski definition) is 3. The van der Waals surface area contributed by atoms with E-state index in [1.165, 1.54) is 0 Å². The number of rotatable bonds is 2. The Morgan fingerprint density at radius 3 is 2.54 bits per heavy atom. The largest absolute Gasteiger partial charge is 0.264 e. The van der Waals surface area contributed by atoms with E-state index in [0.29, 0.717) is 5.75 Å². The number of thioether (sulfide) groups is 1. The maximum Gasteiger partial charge on any atom is 0.237 e. The van der Waals surface area contributed by atoms with Crippen molar-refractivity contribution in [1.82, 2.24) is 0 Å². The normalized spacial score (nSPS) is 26.5. The van der Waals surface area contributed by atoms with Crippen LogP contribution in [0.4, 0.5) is 0 Å². The van der Waals surface area contributed by atoms with Gasteiger partial charge in [-0.25, -0.2) is 0 Å². The molecule has 68 valence electrons. The van der Waals surface area contributed by atoms with Gasteiger partial charge in [0, 0.05) is 4.92 Å². The molecule has 13 heavy (non-hydrogen) atoms. The van der Waals surface area contributed by atoms with Crippen LogP contribution in [0.15, 0.2) is 30.3 Å². The van der Waals surface area contributed by atoms with Gasteiger partial charge in [0.15, 0.2) is 0 Å². The first-order valence-corrected chi connectivity index (χ1v) is 5.14. The van der Waals surface area contributed by atoms with Crippen molar-refractivity contribution < 1.29 is 4.92 Å². The lowest BCUT2D eigenvalue weighted by molar-refractivity contribution is -0.520. The third kappa shape index (κ3) is 1.54. The Bertz CT molecular complexity index is 315. The lowest BCUT2D eigenvalue weighted by Gasteiger charge is -2.28. The highest BCUT2D eigenvalue weighted by Gasteiger charge is 2.42. The summed E-state index contributed by atoms with van der Waals surface area (Å²) in [6.07, 6.45) is 0. The molecule has 3 nitrogen and oxygen atoms in total.